The molecule has 0 fully saturated rings. The van der Waals surface area contributed by atoms with Crippen molar-refractivity contribution in [2.45, 2.75) is 6.92 Å². The molecule has 17 heavy (non-hydrogen) atoms. The van der Waals surface area contributed by atoms with E-state index in [0.717, 1.165) is 6.20 Å². The van der Waals surface area contributed by atoms with E-state index in [1.54, 1.807) is 12.3 Å². The molecular formula is C12H11FN2O2. The van der Waals surface area contributed by atoms with Crippen molar-refractivity contribution in [2.24, 2.45) is 0 Å². The van der Waals surface area contributed by atoms with Crippen LogP contribution in [0.25, 0.3) is 5.82 Å². The Kier molecular flexibility index (Phi) is 3.18. The zero-order valence-electron chi connectivity index (χ0n) is 9.26. The highest BCUT2D eigenvalue weighted by atomic mass is 19.1. The van der Waals surface area contributed by atoms with E-state index in [2.05, 4.69) is 4.98 Å². The predicted octanol–water partition coefficient (Wildman–Crippen LogP) is 1.77. The van der Waals surface area contributed by atoms with Gasteiger partial charge in [-0.3, -0.25) is 9.36 Å². The maximum absolute atomic E-state index is 12.7. The molecule has 0 atom stereocenters. The van der Waals surface area contributed by atoms with Gasteiger partial charge in [-0.15, -0.1) is 0 Å². The molecule has 0 N–H and O–H groups in total. The minimum absolute atomic E-state index is 0.268. The summed E-state index contributed by atoms with van der Waals surface area (Å²) in [6, 6.07) is 5.73. The standard InChI is InChI=1S/C12H11FN2O2/c1-2-17-10-5-6-15(12(16)7-10)11-4-3-9(13)8-14-11/h3-8H,2H2,1H3. The Labute approximate surface area is 97.3 Å². The van der Waals surface area contributed by atoms with E-state index in [-0.39, 0.29) is 5.56 Å². The molecule has 0 spiro atoms. The number of aromatic nitrogens is 2. The summed E-state index contributed by atoms with van der Waals surface area (Å²) < 4.78 is 19.2. The molecule has 4 nitrogen and oxygen atoms in total. The Morgan fingerprint density at radius 1 is 1.41 bits per heavy atom. The van der Waals surface area contributed by atoms with Crippen LogP contribution in [-0.2, 0) is 0 Å². The van der Waals surface area contributed by atoms with E-state index in [0.29, 0.717) is 18.2 Å². The van der Waals surface area contributed by atoms with Gasteiger partial charge in [-0.25, -0.2) is 9.37 Å². The number of hydrogen-bond acceptors (Lipinski definition) is 3. The van der Waals surface area contributed by atoms with Crippen molar-refractivity contribution in [3.63, 3.8) is 0 Å². The molecule has 0 unspecified atom stereocenters. The summed E-state index contributed by atoms with van der Waals surface area (Å²) in [5.74, 6) is 0.447. The summed E-state index contributed by atoms with van der Waals surface area (Å²) in [7, 11) is 0. The van der Waals surface area contributed by atoms with Crippen LogP contribution in [0.15, 0.2) is 41.5 Å². The summed E-state index contributed by atoms with van der Waals surface area (Å²) in [5, 5.41) is 0. The number of rotatable bonds is 3. The lowest BCUT2D eigenvalue weighted by Gasteiger charge is -2.06. The van der Waals surface area contributed by atoms with Crippen LogP contribution in [-0.4, -0.2) is 16.2 Å². The lowest BCUT2D eigenvalue weighted by molar-refractivity contribution is 0.339. The van der Waals surface area contributed by atoms with E-state index in [1.165, 1.54) is 22.8 Å². The molecule has 0 bridgehead atoms. The first-order valence-electron chi connectivity index (χ1n) is 5.18. The fourth-order valence-corrected chi connectivity index (χ4v) is 1.42. The Balaban J connectivity index is 2.40. The largest absolute Gasteiger partial charge is 0.494 e. The summed E-state index contributed by atoms with van der Waals surface area (Å²) in [4.78, 5) is 15.6. The van der Waals surface area contributed by atoms with Crippen LogP contribution in [0, 0.1) is 5.82 Å². The van der Waals surface area contributed by atoms with Crippen molar-refractivity contribution in [1.29, 1.82) is 0 Å². The van der Waals surface area contributed by atoms with Gasteiger partial charge in [0.05, 0.1) is 12.8 Å². The molecule has 0 saturated carbocycles. The van der Waals surface area contributed by atoms with Gasteiger partial charge in [0.2, 0.25) is 0 Å². The number of nitrogens with zero attached hydrogens (tertiary/aromatic N) is 2. The summed E-state index contributed by atoms with van der Waals surface area (Å²) in [6.07, 6.45) is 2.62. The lowest BCUT2D eigenvalue weighted by Crippen LogP contribution is -2.17. The van der Waals surface area contributed by atoms with E-state index >= 15 is 0 Å². The molecular weight excluding hydrogens is 223 g/mol. The molecule has 0 aliphatic heterocycles. The van der Waals surface area contributed by atoms with Gasteiger partial charge in [-0.1, -0.05) is 0 Å². The lowest BCUT2D eigenvalue weighted by atomic mass is 10.4. The smallest absolute Gasteiger partial charge is 0.259 e. The summed E-state index contributed by atoms with van der Waals surface area (Å²) >= 11 is 0. The van der Waals surface area contributed by atoms with Crippen LogP contribution in [0.1, 0.15) is 6.92 Å². The maximum atomic E-state index is 12.7. The van der Waals surface area contributed by atoms with Crippen molar-refractivity contribution >= 4 is 0 Å². The van der Waals surface area contributed by atoms with Gasteiger partial charge in [0.1, 0.15) is 17.4 Å². The van der Waals surface area contributed by atoms with Crippen LogP contribution in [0.5, 0.6) is 5.75 Å². The average Bonchev–Trinajstić information content (AvgIpc) is 2.31. The fourth-order valence-electron chi connectivity index (χ4n) is 1.42. The van der Waals surface area contributed by atoms with Crippen molar-refractivity contribution in [3.05, 3.63) is 52.8 Å². The average molecular weight is 234 g/mol. The van der Waals surface area contributed by atoms with Crippen molar-refractivity contribution in [2.75, 3.05) is 6.61 Å². The summed E-state index contributed by atoms with van der Waals surface area (Å²) in [5.41, 5.74) is -0.268. The van der Waals surface area contributed by atoms with Crippen molar-refractivity contribution in [3.8, 4) is 11.6 Å². The Hall–Kier alpha value is -2.17. The van der Waals surface area contributed by atoms with Gasteiger partial charge >= 0.3 is 0 Å². The maximum Gasteiger partial charge on any atom is 0.259 e. The van der Waals surface area contributed by atoms with Crippen LogP contribution in [0.2, 0.25) is 0 Å². The molecule has 0 aliphatic carbocycles. The number of ether oxygens (including phenoxy) is 1. The highest BCUT2D eigenvalue weighted by Crippen LogP contribution is 2.08. The molecule has 5 heteroatoms. The molecule has 0 radical (unpaired) electrons. The third-order valence-corrected chi connectivity index (χ3v) is 2.16. The van der Waals surface area contributed by atoms with E-state index in [9.17, 15) is 9.18 Å². The van der Waals surface area contributed by atoms with Crippen molar-refractivity contribution in [1.82, 2.24) is 9.55 Å². The normalized spacial score (nSPS) is 10.2. The van der Waals surface area contributed by atoms with Crippen LogP contribution >= 0.6 is 0 Å². The van der Waals surface area contributed by atoms with E-state index in [4.69, 9.17) is 4.74 Å². The molecule has 2 aromatic rings. The van der Waals surface area contributed by atoms with Crippen LogP contribution in [0.3, 0.4) is 0 Å². The van der Waals surface area contributed by atoms with Gasteiger partial charge < -0.3 is 4.74 Å². The zero-order valence-corrected chi connectivity index (χ0v) is 9.26. The van der Waals surface area contributed by atoms with Gasteiger partial charge in [-0.2, -0.15) is 0 Å². The SMILES string of the molecule is CCOc1ccn(-c2ccc(F)cn2)c(=O)c1. The Morgan fingerprint density at radius 3 is 2.82 bits per heavy atom. The van der Waals surface area contributed by atoms with Gasteiger partial charge in [0.15, 0.2) is 0 Å². The minimum Gasteiger partial charge on any atom is -0.494 e. The van der Waals surface area contributed by atoms with Crippen molar-refractivity contribution < 1.29 is 9.13 Å². The quantitative estimate of drug-likeness (QED) is 0.813. The monoisotopic (exact) mass is 234 g/mol. The van der Waals surface area contributed by atoms with Gasteiger partial charge in [-0.05, 0) is 25.1 Å². The molecule has 0 saturated heterocycles. The third kappa shape index (κ3) is 2.50. The second-order valence-electron chi connectivity index (χ2n) is 3.34. The molecule has 0 aromatic carbocycles. The second kappa shape index (κ2) is 4.78. The third-order valence-electron chi connectivity index (χ3n) is 2.16. The first kappa shape index (κ1) is 11.3. The number of hydrogen-bond donors (Lipinski definition) is 0. The van der Waals surface area contributed by atoms with E-state index in [1.807, 2.05) is 6.92 Å². The van der Waals surface area contributed by atoms with E-state index < -0.39 is 5.82 Å². The molecule has 2 heterocycles. The first-order valence-corrected chi connectivity index (χ1v) is 5.18. The molecule has 2 aromatic heterocycles. The van der Waals surface area contributed by atoms with Gasteiger partial charge in [0, 0.05) is 12.3 Å². The molecule has 0 aliphatic rings. The second-order valence-corrected chi connectivity index (χ2v) is 3.34. The fraction of sp³-hybridized carbons (Fsp3) is 0.167. The Morgan fingerprint density at radius 2 is 2.24 bits per heavy atom. The molecule has 2 rings (SSSR count). The topological polar surface area (TPSA) is 44.1 Å². The van der Waals surface area contributed by atoms with Gasteiger partial charge in [0.25, 0.3) is 5.56 Å². The zero-order chi connectivity index (χ0) is 12.3. The highest BCUT2D eigenvalue weighted by molar-refractivity contribution is 5.27. The molecule has 0 amide bonds. The first-order chi connectivity index (χ1) is 8.20. The summed E-state index contributed by atoms with van der Waals surface area (Å²) in [6.45, 7) is 2.34. The number of pyridine rings is 2. The van der Waals surface area contributed by atoms with Crippen LogP contribution < -0.4 is 10.3 Å². The van der Waals surface area contributed by atoms with Crippen LogP contribution in [0.4, 0.5) is 4.39 Å². The molecule has 88 valence electrons. The number of halogens is 1. The predicted molar refractivity (Wildman–Crippen MR) is 61.0 cm³/mol. The highest BCUT2D eigenvalue weighted by Gasteiger charge is 2.02. The minimum atomic E-state index is -0.437. The Bertz CT molecular complexity index is 563.